The fraction of sp³-hybridized carbons (Fsp3) is 0.524. The van der Waals surface area contributed by atoms with Gasteiger partial charge in [-0.1, -0.05) is 17.7 Å². The van der Waals surface area contributed by atoms with Gasteiger partial charge in [-0.15, -0.1) is 0 Å². The second-order valence-corrected chi connectivity index (χ2v) is 8.62. The van der Waals surface area contributed by atoms with Gasteiger partial charge in [0, 0.05) is 36.4 Å². The van der Waals surface area contributed by atoms with Crippen molar-refractivity contribution in [1.29, 1.82) is 0 Å². The highest BCUT2D eigenvalue weighted by atomic mass is 35.5. The zero-order valence-electron chi connectivity index (χ0n) is 16.7. The van der Waals surface area contributed by atoms with Crippen molar-refractivity contribution in [3.63, 3.8) is 0 Å². The maximum atomic E-state index is 11.5. The topological polar surface area (TPSA) is 114 Å². The fourth-order valence-electron chi connectivity index (χ4n) is 4.52. The lowest BCUT2D eigenvalue weighted by atomic mass is 9.83. The number of primary amides is 1. The standard InChI is InChI=1S/C21H27ClN4O4/c22-15-1-2-17-18(7-15)21(30-19(17)8-20(23)29)3-5-25(6-4-21)10-14-9-24-26(11-14)12-16(28)13-27/h1-2,7,9,11,16,19,27-28H,3-6,8,10,12-13H2,(H2,23,29)/t16-,19?/m1/s1. The second-order valence-electron chi connectivity index (χ2n) is 8.19. The maximum Gasteiger partial charge on any atom is 0.220 e. The Labute approximate surface area is 180 Å². The van der Waals surface area contributed by atoms with Crippen LogP contribution in [0.5, 0.6) is 0 Å². The van der Waals surface area contributed by atoms with E-state index in [0.717, 1.165) is 49.2 Å². The molecule has 1 saturated heterocycles. The number of piperidine rings is 1. The van der Waals surface area contributed by atoms with Crippen LogP contribution in [0, 0.1) is 0 Å². The van der Waals surface area contributed by atoms with Crippen molar-refractivity contribution in [1.82, 2.24) is 14.7 Å². The zero-order valence-corrected chi connectivity index (χ0v) is 17.5. The maximum absolute atomic E-state index is 11.5. The number of nitrogens with zero attached hydrogens (tertiary/aromatic N) is 3. The number of amides is 1. The number of aromatic nitrogens is 2. The molecule has 2 aliphatic heterocycles. The number of nitrogens with two attached hydrogens (primary N) is 1. The van der Waals surface area contributed by atoms with Gasteiger partial charge in [-0.25, -0.2) is 0 Å². The number of halogens is 1. The van der Waals surface area contributed by atoms with Crippen molar-refractivity contribution in [3.05, 3.63) is 52.3 Å². The third kappa shape index (κ3) is 4.38. The largest absolute Gasteiger partial charge is 0.394 e. The van der Waals surface area contributed by atoms with Crippen LogP contribution >= 0.6 is 11.6 Å². The Balaban J connectivity index is 1.43. The van der Waals surface area contributed by atoms with Crippen LogP contribution in [0.3, 0.4) is 0 Å². The molecule has 0 bridgehead atoms. The molecule has 4 rings (SSSR count). The van der Waals surface area contributed by atoms with E-state index in [1.54, 1.807) is 10.9 Å². The van der Waals surface area contributed by atoms with Gasteiger partial charge in [0.1, 0.15) is 0 Å². The third-order valence-electron chi connectivity index (χ3n) is 5.97. The summed E-state index contributed by atoms with van der Waals surface area (Å²) in [5.74, 6) is -0.376. The molecule has 4 N–H and O–H groups in total. The quantitative estimate of drug-likeness (QED) is 0.605. The lowest BCUT2D eigenvalue weighted by molar-refractivity contribution is -0.132. The van der Waals surface area contributed by atoms with Gasteiger partial charge in [0.25, 0.3) is 0 Å². The average molecular weight is 435 g/mol. The minimum absolute atomic E-state index is 0.166. The van der Waals surface area contributed by atoms with Crippen LogP contribution in [-0.2, 0) is 28.2 Å². The molecule has 1 spiro atoms. The number of likely N-dealkylation sites (tertiary alicyclic amines) is 1. The lowest BCUT2D eigenvalue weighted by Crippen LogP contribution is -2.42. The Morgan fingerprint density at radius 1 is 1.40 bits per heavy atom. The summed E-state index contributed by atoms with van der Waals surface area (Å²) in [4.78, 5) is 13.9. The highest BCUT2D eigenvalue weighted by Gasteiger charge is 2.47. The van der Waals surface area contributed by atoms with Crippen LogP contribution in [0.1, 0.15) is 42.1 Å². The molecule has 30 heavy (non-hydrogen) atoms. The Bertz CT molecular complexity index is 910. The molecule has 1 aromatic carbocycles. The van der Waals surface area contributed by atoms with Crippen molar-refractivity contribution in [2.24, 2.45) is 5.73 Å². The number of fused-ring (bicyclic) bond motifs is 2. The summed E-state index contributed by atoms with van der Waals surface area (Å²) in [6, 6.07) is 5.74. The number of rotatable bonds is 7. The highest BCUT2D eigenvalue weighted by Crippen LogP contribution is 2.51. The van der Waals surface area contributed by atoms with E-state index in [9.17, 15) is 9.90 Å². The van der Waals surface area contributed by atoms with Crippen LogP contribution in [-0.4, -0.2) is 56.6 Å². The Hall–Kier alpha value is -1.97. The molecule has 0 aliphatic carbocycles. The van der Waals surface area contributed by atoms with Gasteiger partial charge in [-0.2, -0.15) is 5.10 Å². The van der Waals surface area contributed by atoms with Gasteiger partial charge < -0.3 is 20.7 Å². The molecule has 0 radical (unpaired) electrons. The van der Waals surface area contributed by atoms with Gasteiger partial charge in [-0.3, -0.25) is 14.4 Å². The number of aliphatic hydroxyl groups is 2. The molecular weight excluding hydrogens is 408 g/mol. The molecular formula is C21H27ClN4O4. The minimum Gasteiger partial charge on any atom is -0.394 e. The van der Waals surface area contributed by atoms with Crippen molar-refractivity contribution < 1.29 is 19.7 Å². The normalized spacial score (nSPS) is 21.6. The summed E-state index contributed by atoms with van der Waals surface area (Å²) in [6.45, 7) is 2.40. The molecule has 3 heterocycles. The van der Waals surface area contributed by atoms with E-state index in [1.807, 2.05) is 24.4 Å². The molecule has 8 nitrogen and oxygen atoms in total. The number of ether oxygens (including phenoxy) is 1. The fourth-order valence-corrected chi connectivity index (χ4v) is 4.69. The molecule has 1 aromatic heterocycles. The predicted octanol–water partition coefficient (Wildman–Crippen LogP) is 1.33. The number of aliphatic hydroxyl groups excluding tert-OH is 2. The number of hydrogen-bond donors (Lipinski definition) is 3. The van der Waals surface area contributed by atoms with Crippen molar-refractivity contribution in [2.75, 3.05) is 19.7 Å². The molecule has 1 unspecified atom stereocenters. The minimum atomic E-state index is -0.813. The SMILES string of the molecule is NC(=O)CC1OC2(CCN(Cc3cnn(C[C@@H](O)CO)c3)CC2)c2cc(Cl)ccc21. The Morgan fingerprint density at radius 2 is 2.17 bits per heavy atom. The number of benzene rings is 1. The summed E-state index contributed by atoms with van der Waals surface area (Å²) >= 11 is 6.26. The van der Waals surface area contributed by atoms with Gasteiger partial charge >= 0.3 is 0 Å². The first-order valence-electron chi connectivity index (χ1n) is 10.2. The zero-order chi connectivity index (χ0) is 21.3. The third-order valence-corrected chi connectivity index (χ3v) is 6.21. The lowest BCUT2D eigenvalue weighted by Gasteiger charge is -2.39. The van der Waals surface area contributed by atoms with Gasteiger partial charge in [-0.05, 0) is 36.1 Å². The Kier molecular flexibility index (Phi) is 6.13. The van der Waals surface area contributed by atoms with E-state index >= 15 is 0 Å². The van der Waals surface area contributed by atoms with Crippen LogP contribution in [0.2, 0.25) is 5.02 Å². The molecule has 2 aromatic rings. The monoisotopic (exact) mass is 434 g/mol. The van der Waals surface area contributed by atoms with Crippen LogP contribution < -0.4 is 5.73 Å². The molecule has 1 amide bonds. The van der Waals surface area contributed by atoms with Gasteiger partial charge in [0.15, 0.2) is 0 Å². The number of carbonyl (C=O) groups excluding carboxylic acids is 1. The van der Waals surface area contributed by atoms with E-state index in [0.29, 0.717) is 5.02 Å². The van der Waals surface area contributed by atoms with Crippen LogP contribution in [0.4, 0.5) is 0 Å². The summed E-state index contributed by atoms with van der Waals surface area (Å²) in [5, 5.41) is 23.5. The highest BCUT2D eigenvalue weighted by molar-refractivity contribution is 6.30. The molecule has 0 saturated carbocycles. The molecule has 162 valence electrons. The number of carbonyl (C=O) groups is 1. The van der Waals surface area contributed by atoms with E-state index in [1.165, 1.54) is 0 Å². The van der Waals surface area contributed by atoms with Crippen molar-refractivity contribution in [2.45, 2.75) is 50.2 Å². The molecule has 2 aliphatic rings. The van der Waals surface area contributed by atoms with Gasteiger partial charge in [0.2, 0.25) is 5.91 Å². The summed E-state index contributed by atoms with van der Waals surface area (Å²) < 4.78 is 8.08. The summed E-state index contributed by atoms with van der Waals surface area (Å²) in [5.41, 5.74) is 8.14. The summed E-state index contributed by atoms with van der Waals surface area (Å²) in [7, 11) is 0. The van der Waals surface area contributed by atoms with E-state index in [4.69, 9.17) is 27.2 Å². The molecule has 2 atom stereocenters. The van der Waals surface area contributed by atoms with E-state index in [-0.39, 0.29) is 31.6 Å². The van der Waals surface area contributed by atoms with E-state index in [2.05, 4.69) is 10.00 Å². The van der Waals surface area contributed by atoms with Crippen LogP contribution in [0.25, 0.3) is 0 Å². The first-order chi connectivity index (χ1) is 14.4. The van der Waals surface area contributed by atoms with E-state index < -0.39 is 11.7 Å². The average Bonchev–Trinajstić information content (AvgIpc) is 3.26. The van der Waals surface area contributed by atoms with Gasteiger partial charge in [0.05, 0.1) is 43.6 Å². The number of hydrogen-bond acceptors (Lipinski definition) is 6. The first-order valence-corrected chi connectivity index (χ1v) is 10.5. The second kappa shape index (κ2) is 8.64. The Morgan fingerprint density at radius 3 is 2.87 bits per heavy atom. The smallest absolute Gasteiger partial charge is 0.220 e. The first kappa shape index (κ1) is 21.3. The predicted molar refractivity (Wildman–Crippen MR) is 111 cm³/mol. The van der Waals surface area contributed by atoms with Crippen LogP contribution in [0.15, 0.2) is 30.6 Å². The van der Waals surface area contributed by atoms with Crippen molar-refractivity contribution >= 4 is 17.5 Å². The molecule has 1 fully saturated rings. The van der Waals surface area contributed by atoms with Crippen molar-refractivity contribution in [3.8, 4) is 0 Å². The molecule has 9 heteroatoms. The summed E-state index contributed by atoms with van der Waals surface area (Å²) in [6.07, 6.45) is 4.31.